The van der Waals surface area contributed by atoms with Gasteiger partial charge in [-0.25, -0.2) is 4.68 Å². The monoisotopic (exact) mass is 412 g/mol. The fraction of sp³-hybridized carbons (Fsp3) is 0.429. The minimum absolute atomic E-state index is 0.308. The Labute approximate surface area is 176 Å². The third kappa shape index (κ3) is 6.39. The summed E-state index contributed by atoms with van der Waals surface area (Å²) in [6.07, 6.45) is 8.37. The van der Waals surface area contributed by atoms with Gasteiger partial charge in [-0.3, -0.25) is 15.6 Å². The van der Waals surface area contributed by atoms with Crippen LogP contribution < -0.4 is 16.2 Å². The first-order chi connectivity index (χ1) is 14.0. The summed E-state index contributed by atoms with van der Waals surface area (Å²) in [7, 11) is 0. The van der Waals surface area contributed by atoms with Gasteiger partial charge in [-0.05, 0) is 42.1 Å². The number of hydrazine groups is 1. The fourth-order valence-corrected chi connectivity index (χ4v) is 3.75. The van der Waals surface area contributed by atoms with E-state index in [4.69, 9.17) is 12.2 Å². The van der Waals surface area contributed by atoms with Gasteiger partial charge in [0.05, 0.1) is 12.7 Å². The molecule has 1 amide bonds. The Morgan fingerprint density at radius 1 is 1.24 bits per heavy atom. The van der Waals surface area contributed by atoms with Crippen LogP contribution in [-0.2, 0) is 11.3 Å². The molecule has 7 nitrogen and oxygen atoms in total. The third-order valence-corrected chi connectivity index (χ3v) is 5.69. The topological polar surface area (TPSA) is 83.9 Å². The van der Waals surface area contributed by atoms with Gasteiger partial charge in [-0.2, -0.15) is 0 Å². The first-order valence-corrected chi connectivity index (χ1v) is 10.4. The Morgan fingerprint density at radius 3 is 2.83 bits per heavy atom. The Balaban J connectivity index is 1.42. The van der Waals surface area contributed by atoms with Crippen LogP contribution in [0.3, 0.4) is 0 Å². The Kier molecular flexibility index (Phi) is 7.35. The largest absolute Gasteiger partial charge is 0.358 e. The number of rotatable bonds is 5. The summed E-state index contributed by atoms with van der Waals surface area (Å²) in [6, 6.07) is 10.3. The molecule has 8 heteroatoms. The van der Waals surface area contributed by atoms with Crippen LogP contribution in [0.25, 0.3) is 6.08 Å². The molecule has 3 N–H and O–H groups in total. The summed E-state index contributed by atoms with van der Waals surface area (Å²) in [6.45, 7) is 5.15. The molecule has 3 atom stereocenters. The molecule has 0 radical (unpaired) electrons. The van der Waals surface area contributed by atoms with Crippen molar-refractivity contribution in [3.63, 3.8) is 0 Å². The van der Waals surface area contributed by atoms with E-state index in [0.717, 1.165) is 12.0 Å². The van der Waals surface area contributed by atoms with E-state index in [2.05, 4.69) is 40.3 Å². The summed E-state index contributed by atoms with van der Waals surface area (Å²) in [5.74, 6) is 0.922. The average Bonchev–Trinajstić information content (AvgIpc) is 3.16. The van der Waals surface area contributed by atoms with Crippen molar-refractivity contribution in [2.24, 2.45) is 11.8 Å². The van der Waals surface area contributed by atoms with Gasteiger partial charge in [0.2, 0.25) is 0 Å². The highest BCUT2D eigenvalue weighted by Crippen LogP contribution is 2.29. The lowest BCUT2D eigenvalue weighted by Crippen LogP contribution is -2.52. The highest BCUT2D eigenvalue weighted by molar-refractivity contribution is 7.80. The lowest BCUT2D eigenvalue weighted by Gasteiger charge is -2.35. The summed E-state index contributed by atoms with van der Waals surface area (Å²) in [4.78, 5) is 12.0. The number of carbonyl (C=O) groups is 1. The van der Waals surface area contributed by atoms with E-state index in [9.17, 15) is 4.79 Å². The Morgan fingerprint density at radius 2 is 2.03 bits per heavy atom. The minimum Gasteiger partial charge on any atom is -0.358 e. The average molecular weight is 413 g/mol. The van der Waals surface area contributed by atoms with Crippen molar-refractivity contribution in [3.8, 4) is 0 Å². The number of amides is 1. The quantitative estimate of drug-likeness (QED) is 0.398. The molecule has 1 aliphatic rings. The van der Waals surface area contributed by atoms with Crippen LogP contribution in [0.1, 0.15) is 44.4 Å². The summed E-state index contributed by atoms with van der Waals surface area (Å²) in [5, 5.41) is 11.9. The normalized spacial score (nSPS) is 21.7. The molecule has 0 saturated heterocycles. The molecule has 0 bridgehead atoms. The summed E-state index contributed by atoms with van der Waals surface area (Å²) >= 11 is 5.30. The number of benzene rings is 1. The second kappa shape index (κ2) is 10.2. The molecule has 1 aliphatic carbocycles. The Bertz CT molecular complexity index is 850. The van der Waals surface area contributed by atoms with E-state index in [-0.39, 0.29) is 5.91 Å². The number of aromatic nitrogens is 3. The molecule has 0 unspecified atom stereocenters. The van der Waals surface area contributed by atoms with Gasteiger partial charge in [0, 0.05) is 12.1 Å². The van der Waals surface area contributed by atoms with Gasteiger partial charge in [-0.15, -0.1) is 5.10 Å². The zero-order chi connectivity index (χ0) is 20.6. The molecule has 3 rings (SSSR count). The zero-order valence-corrected chi connectivity index (χ0v) is 17.7. The van der Waals surface area contributed by atoms with Gasteiger partial charge < -0.3 is 5.32 Å². The molecular weight excluding hydrogens is 384 g/mol. The minimum atomic E-state index is -0.308. The molecule has 1 aromatic carbocycles. The number of thiocarbonyl (C=S) groups is 1. The lowest BCUT2D eigenvalue weighted by atomic mass is 9.78. The predicted octanol–water partition coefficient (Wildman–Crippen LogP) is 2.66. The van der Waals surface area contributed by atoms with Crippen molar-refractivity contribution in [2.45, 2.75) is 45.7 Å². The first-order valence-electron chi connectivity index (χ1n) is 10.00. The van der Waals surface area contributed by atoms with Crippen LogP contribution in [-0.4, -0.2) is 32.1 Å². The molecule has 1 saturated carbocycles. The van der Waals surface area contributed by atoms with E-state index in [1.54, 1.807) is 17.0 Å². The molecule has 0 aliphatic heterocycles. The van der Waals surface area contributed by atoms with Gasteiger partial charge in [0.1, 0.15) is 5.69 Å². The molecule has 29 heavy (non-hydrogen) atoms. The van der Waals surface area contributed by atoms with Crippen molar-refractivity contribution in [1.29, 1.82) is 0 Å². The van der Waals surface area contributed by atoms with Crippen LogP contribution in [0.4, 0.5) is 0 Å². The van der Waals surface area contributed by atoms with Crippen LogP contribution in [0.15, 0.2) is 42.6 Å². The van der Waals surface area contributed by atoms with Crippen LogP contribution in [0.5, 0.6) is 0 Å². The predicted molar refractivity (Wildman–Crippen MR) is 118 cm³/mol. The van der Waals surface area contributed by atoms with Crippen molar-refractivity contribution in [1.82, 2.24) is 31.2 Å². The molecule has 1 heterocycles. The molecule has 1 aromatic heterocycles. The number of nitrogens with one attached hydrogen (secondary N) is 3. The summed E-state index contributed by atoms with van der Waals surface area (Å²) < 4.78 is 1.73. The zero-order valence-electron chi connectivity index (χ0n) is 16.8. The molecule has 1 fully saturated rings. The van der Waals surface area contributed by atoms with Gasteiger partial charge >= 0.3 is 0 Å². The van der Waals surface area contributed by atoms with Crippen molar-refractivity contribution < 1.29 is 4.79 Å². The highest BCUT2D eigenvalue weighted by Gasteiger charge is 2.27. The smallest absolute Gasteiger partial charge is 0.262 e. The molecule has 2 aromatic rings. The summed E-state index contributed by atoms with van der Waals surface area (Å²) in [5.41, 5.74) is 7.10. The van der Waals surface area contributed by atoms with Crippen LogP contribution >= 0.6 is 12.2 Å². The number of nitrogens with zero attached hydrogens (tertiary/aromatic N) is 3. The number of carbonyl (C=O) groups excluding carboxylic acids is 1. The van der Waals surface area contributed by atoms with Crippen molar-refractivity contribution in [3.05, 3.63) is 53.9 Å². The maximum Gasteiger partial charge on any atom is 0.262 e. The Hall–Kier alpha value is -2.74. The second-order valence-corrected chi connectivity index (χ2v) is 8.03. The first kappa shape index (κ1) is 21.0. The fourth-order valence-electron chi connectivity index (χ4n) is 3.55. The van der Waals surface area contributed by atoms with Crippen molar-refractivity contribution in [2.75, 3.05) is 0 Å². The molecular formula is C21H28N6OS. The van der Waals surface area contributed by atoms with Gasteiger partial charge in [0.15, 0.2) is 5.11 Å². The van der Waals surface area contributed by atoms with Gasteiger partial charge in [-0.1, -0.05) is 62.2 Å². The number of hydrogen-bond acceptors (Lipinski definition) is 4. The van der Waals surface area contributed by atoms with E-state index < -0.39 is 0 Å². The van der Waals surface area contributed by atoms with E-state index in [0.29, 0.717) is 35.2 Å². The third-order valence-electron chi connectivity index (χ3n) is 5.47. The van der Waals surface area contributed by atoms with Crippen molar-refractivity contribution >= 4 is 29.3 Å². The van der Waals surface area contributed by atoms with E-state index >= 15 is 0 Å². The maximum atomic E-state index is 12.0. The standard InChI is InChI=1S/C21H28N6OS/c1-15-7-6-10-19(16(15)2)22-21(29)25-24-20(28)12-11-18-14-27(26-23-18)13-17-8-4-3-5-9-17/h3-5,8-9,11-12,14-16,19H,6-7,10,13H2,1-2H3,(H,24,28)(H2,22,25,29)/b12-11+/t15-,16-,19+/m1/s1. The van der Waals surface area contributed by atoms with Crippen LogP contribution in [0, 0.1) is 11.8 Å². The molecule has 154 valence electrons. The highest BCUT2D eigenvalue weighted by atomic mass is 32.1. The lowest BCUT2D eigenvalue weighted by molar-refractivity contribution is -0.116. The van der Waals surface area contributed by atoms with E-state index in [1.807, 2.05) is 30.3 Å². The van der Waals surface area contributed by atoms with Gasteiger partial charge in [0.25, 0.3) is 5.91 Å². The van der Waals surface area contributed by atoms with Crippen LogP contribution in [0.2, 0.25) is 0 Å². The van der Waals surface area contributed by atoms with E-state index in [1.165, 1.54) is 18.9 Å². The SMILES string of the molecule is C[C@@H]1[C@H](C)CCC[C@@H]1NC(=S)NNC(=O)/C=C/c1cn(Cc2ccccc2)nn1. The maximum absolute atomic E-state index is 12.0. The second-order valence-electron chi connectivity index (χ2n) is 7.62. The number of hydrogen-bond donors (Lipinski definition) is 3. The molecule has 0 spiro atoms.